The predicted molar refractivity (Wildman–Crippen MR) is 91.9 cm³/mol. The number of hydrogen-bond acceptors (Lipinski definition) is 3. The summed E-state index contributed by atoms with van der Waals surface area (Å²) in [6.45, 7) is 3.43. The van der Waals surface area contributed by atoms with Crippen LogP contribution in [0.25, 0.3) is 5.69 Å². The number of amides is 2. The highest BCUT2D eigenvalue weighted by atomic mass is 19.1. The molecule has 1 saturated heterocycles. The number of carbonyl (C=O) groups is 1. The zero-order valence-electron chi connectivity index (χ0n) is 14.3. The normalized spacial score (nSPS) is 17.6. The van der Waals surface area contributed by atoms with Gasteiger partial charge in [0.25, 0.3) is 0 Å². The summed E-state index contributed by atoms with van der Waals surface area (Å²) in [6.07, 6.45) is 5.18. The van der Waals surface area contributed by atoms with Crippen LogP contribution in [0.2, 0.25) is 0 Å². The Hall–Kier alpha value is -2.41. The number of hydrogen-bond donors (Lipinski definition) is 2. The molecule has 1 aromatic heterocycles. The van der Waals surface area contributed by atoms with Crippen LogP contribution in [0.15, 0.2) is 30.6 Å². The summed E-state index contributed by atoms with van der Waals surface area (Å²) in [4.78, 5) is 18.1. The Bertz CT molecular complexity index is 746. The first-order valence-corrected chi connectivity index (χ1v) is 8.51. The second-order valence-electron chi connectivity index (χ2n) is 6.43. The lowest BCUT2D eigenvalue weighted by Crippen LogP contribution is -2.45. The average molecular weight is 346 g/mol. The number of carbonyl (C=O) groups excluding carboxylic acids is 1. The summed E-state index contributed by atoms with van der Waals surface area (Å²) in [5, 5.41) is 12.1. The number of halogens is 1. The van der Waals surface area contributed by atoms with Crippen molar-refractivity contribution in [2.45, 2.75) is 26.3 Å². The third-order valence-electron chi connectivity index (χ3n) is 4.61. The van der Waals surface area contributed by atoms with E-state index in [1.165, 1.54) is 6.07 Å². The minimum absolute atomic E-state index is 0.101. The maximum Gasteiger partial charge on any atom is 0.317 e. The molecule has 1 aliphatic heterocycles. The highest BCUT2D eigenvalue weighted by Gasteiger charge is 2.22. The number of piperidine rings is 1. The van der Waals surface area contributed by atoms with E-state index in [1.807, 2.05) is 6.92 Å². The SMILES string of the molecule is Cc1nccn1-c1ccc(CNC(=O)N2CCCC(CO)C2)cc1F. The summed E-state index contributed by atoms with van der Waals surface area (Å²) in [5.74, 6) is 0.504. The quantitative estimate of drug-likeness (QED) is 0.892. The van der Waals surface area contributed by atoms with Crippen molar-refractivity contribution in [2.75, 3.05) is 19.7 Å². The van der Waals surface area contributed by atoms with Gasteiger partial charge < -0.3 is 19.9 Å². The Morgan fingerprint density at radius 2 is 2.32 bits per heavy atom. The van der Waals surface area contributed by atoms with E-state index in [0.29, 0.717) is 30.2 Å². The van der Waals surface area contributed by atoms with Gasteiger partial charge in [-0.1, -0.05) is 6.07 Å². The number of aliphatic hydroxyl groups is 1. The molecule has 6 nitrogen and oxygen atoms in total. The summed E-state index contributed by atoms with van der Waals surface area (Å²) >= 11 is 0. The first kappa shape index (κ1) is 17.4. The number of nitrogens with zero attached hydrogens (tertiary/aromatic N) is 3. The Morgan fingerprint density at radius 3 is 3.00 bits per heavy atom. The number of aromatic nitrogens is 2. The van der Waals surface area contributed by atoms with Crippen LogP contribution in [0, 0.1) is 18.7 Å². The van der Waals surface area contributed by atoms with Crippen molar-refractivity contribution in [1.29, 1.82) is 0 Å². The van der Waals surface area contributed by atoms with E-state index in [0.717, 1.165) is 12.8 Å². The van der Waals surface area contributed by atoms with Crippen molar-refractivity contribution in [3.05, 3.63) is 47.8 Å². The molecule has 2 heterocycles. The lowest BCUT2D eigenvalue weighted by molar-refractivity contribution is 0.129. The van der Waals surface area contributed by atoms with Crippen LogP contribution >= 0.6 is 0 Å². The fourth-order valence-electron chi connectivity index (χ4n) is 3.18. The summed E-state index contributed by atoms with van der Waals surface area (Å²) in [5.41, 5.74) is 1.13. The molecule has 0 saturated carbocycles. The third-order valence-corrected chi connectivity index (χ3v) is 4.61. The number of aryl methyl sites for hydroxylation is 1. The lowest BCUT2D eigenvalue weighted by Gasteiger charge is -2.31. The molecule has 2 amide bonds. The predicted octanol–water partition coefficient (Wildman–Crippen LogP) is 2.23. The molecular formula is C18H23FN4O2. The van der Waals surface area contributed by atoms with E-state index in [1.54, 1.807) is 34.0 Å². The molecule has 134 valence electrons. The molecule has 0 bridgehead atoms. The maximum atomic E-state index is 14.4. The van der Waals surface area contributed by atoms with Crippen molar-refractivity contribution < 1.29 is 14.3 Å². The lowest BCUT2D eigenvalue weighted by atomic mass is 9.99. The van der Waals surface area contributed by atoms with E-state index in [4.69, 9.17) is 0 Å². The molecule has 1 unspecified atom stereocenters. The van der Waals surface area contributed by atoms with Crippen LogP contribution in [-0.4, -0.2) is 45.3 Å². The fourth-order valence-corrected chi connectivity index (χ4v) is 3.18. The molecule has 2 aromatic rings. The minimum atomic E-state index is -0.355. The van der Waals surface area contributed by atoms with Crippen LogP contribution < -0.4 is 5.32 Å². The van der Waals surface area contributed by atoms with E-state index in [-0.39, 0.29) is 30.9 Å². The molecule has 1 atom stereocenters. The van der Waals surface area contributed by atoms with Gasteiger partial charge in [0.15, 0.2) is 0 Å². The molecule has 0 spiro atoms. The molecule has 7 heteroatoms. The second kappa shape index (κ2) is 7.65. The number of likely N-dealkylation sites (tertiary alicyclic amines) is 1. The molecule has 25 heavy (non-hydrogen) atoms. The van der Waals surface area contributed by atoms with Gasteiger partial charge in [0.1, 0.15) is 11.6 Å². The summed E-state index contributed by atoms with van der Waals surface area (Å²) in [7, 11) is 0. The summed E-state index contributed by atoms with van der Waals surface area (Å²) < 4.78 is 16.1. The van der Waals surface area contributed by atoms with E-state index in [2.05, 4.69) is 10.3 Å². The molecule has 0 radical (unpaired) electrons. The number of nitrogens with one attached hydrogen (secondary N) is 1. The van der Waals surface area contributed by atoms with Crippen molar-refractivity contribution >= 4 is 6.03 Å². The van der Waals surface area contributed by atoms with Crippen molar-refractivity contribution in [3.63, 3.8) is 0 Å². The van der Waals surface area contributed by atoms with E-state index in [9.17, 15) is 14.3 Å². The highest BCUT2D eigenvalue weighted by molar-refractivity contribution is 5.74. The molecule has 0 aliphatic carbocycles. The van der Waals surface area contributed by atoms with Gasteiger partial charge in [-0.15, -0.1) is 0 Å². The first-order chi connectivity index (χ1) is 12.1. The molecule has 1 fully saturated rings. The van der Waals surface area contributed by atoms with Gasteiger partial charge >= 0.3 is 6.03 Å². The minimum Gasteiger partial charge on any atom is -0.396 e. The van der Waals surface area contributed by atoms with Crippen molar-refractivity contribution in [2.24, 2.45) is 5.92 Å². The van der Waals surface area contributed by atoms with Crippen molar-refractivity contribution in [3.8, 4) is 5.69 Å². The van der Waals surface area contributed by atoms with Gasteiger partial charge in [-0.05, 0) is 43.4 Å². The largest absolute Gasteiger partial charge is 0.396 e. The molecule has 1 aromatic carbocycles. The Balaban J connectivity index is 1.61. The van der Waals surface area contributed by atoms with Crippen LogP contribution in [0.4, 0.5) is 9.18 Å². The van der Waals surface area contributed by atoms with Gasteiger partial charge in [0.05, 0.1) is 5.69 Å². The topological polar surface area (TPSA) is 70.4 Å². The zero-order chi connectivity index (χ0) is 17.8. The Labute approximate surface area is 146 Å². The zero-order valence-corrected chi connectivity index (χ0v) is 14.3. The van der Waals surface area contributed by atoms with Gasteiger partial charge in [0, 0.05) is 38.6 Å². The van der Waals surface area contributed by atoms with Gasteiger partial charge in [-0.2, -0.15) is 0 Å². The number of aliphatic hydroxyl groups excluding tert-OH is 1. The summed E-state index contributed by atoms with van der Waals surface area (Å²) in [6, 6.07) is 4.74. The van der Waals surface area contributed by atoms with Crippen molar-refractivity contribution in [1.82, 2.24) is 19.8 Å². The number of urea groups is 1. The molecular weight excluding hydrogens is 323 g/mol. The van der Waals surface area contributed by atoms with Gasteiger partial charge in [-0.25, -0.2) is 14.2 Å². The Kier molecular flexibility index (Phi) is 5.33. The monoisotopic (exact) mass is 346 g/mol. The highest BCUT2D eigenvalue weighted by Crippen LogP contribution is 2.18. The average Bonchev–Trinajstić information content (AvgIpc) is 3.05. The molecule has 1 aliphatic rings. The van der Waals surface area contributed by atoms with Crippen LogP contribution in [0.5, 0.6) is 0 Å². The van der Waals surface area contributed by atoms with Crippen LogP contribution in [0.3, 0.4) is 0 Å². The second-order valence-corrected chi connectivity index (χ2v) is 6.43. The molecule has 3 rings (SSSR count). The van der Waals surface area contributed by atoms with Crippen LogP contribution in [0.1, 0.15) is 24.2 Å². The van der Waals surface area contributed by atoms with E-state index >= 15 is 0 Å². The van der Waals surface area contributed by atoms with Gasteiger partial charge in [-0.3, -0.25) is 0 Å². The fraction of sp³-hybridized carbons (Fsp3) is 0.444. The van der Waals surface area contributed by atoms with Crippen LogP contribution in [-0.2, 0) is 6.54 Å². The third kappa shape index (κ3) is 3.99. The smallest absolute Gasteiger partial charge is 0.317 e. The molecule has 2 N–H and O–H groups in total. The number of rotatable bonds is 4. The number of benzene rings is 1. The Morgan fingerprint density at radius 1 is 1.48 bits per heavy atom. The van der Waals surface area contributed by atoms with E-state index < -0.39 is 0 Å². The first-order valence-electron chi connectivity index (χ1n) is 8.51. The number of imidazole rings is 1. The van der Waals surface area contributed by atoms with Gasteiger partial charge in [0.2, 0.25) is 0 Å². The maximum absolute atomic E-state index is 14.4. The standard InChI is InChI=1S/C18H23FN4O2/c1-13-20-6-8-23(13)17-5-4-14(9-16(17)19)10-21-18(25)22-7-2-3-15(11-22)12-24/h4-6,8-9,15,24H,2-3,7,10-12H2,1H3,(H,21,25).